The van der Waals surface area contributed by atoms with Crippen molar-refractivity contribution >= 4 is 12.2 Å². The van der Waals surface area contributed by atoms with E-state index in [-0.39, 0.29) is 0 Å². The minimum Gasteiger partial charge on any atom is -0.346 e. The molecule has 20 heavy (non-hydrogen) atoms. The molecule has 5 fully saturated rings. The summed E-state index contributed by atoms with van der Waals surface area (Å²) in [5.74, 6) is 4.90. The van der Waals surface area contributed by atoms with E-state index in [1.165, 1.54) is 62.9 Å². The second kappa shape index (κ2) is 3.94. The first-order valence-electron chi connectivity index (χ1n) is 8.32. The smallest absolute Gasteiger partial charge is 0.130 e. The molecule has 0 aliphatic heterocycles. The monoisotopic (exact) mass is 286 g/mol. The van der Waals surface area contributed by atoms with E-state index in [0.29, 0.717) is 5.41 Å². The van der Waals surface area contributed by atoms with Crippen LogP contribution in [0.25, 0.3) is 0 Å². The zero-order chi connectivity index (χ0) is 13.3. The molecule has 0 radical (unpaired) electrons. The van der Waals surface area contributed by atoms with Crippen LogP contribution in [0.1, 0.15) is 68.8 Å². The van der Waals surface area contributed by atoms with E-state index in [0.717, 1.165) is 28.3 Å². The molecule has 5 saturated carbocycles. The highest BCUT2D eigenvalue weighted by Crippen LogP contribution is 2.60. The van der Waals surface area contributed by atoms with Gasteiger partial charge in [0.05, 0.1) is 0 Å². The molecule has 1 heterocycles. The summed E-state index contributed by atoms with van der Waals surface area (Å²) in [6, 6.07) is 2.11. The number of aromatic nitrogens is 2. The lowest BCUT2D eigenvalue weighted by atomic mass is 9.49. The summed E-state index contributed by atoms with van der Waals surface area (Å²) in [6.45, 7) is 0. The number of nitrogens with one attached hydrogen (secondary N) is 1. The fourth-order valence-electron chi connectivity index (χ4n) is 5.74. The van der Waals surface area contributed by atoms with Crippen LogP contribution in [-0.4, -0.2) is 9.97 Å². The van der Waals surface area contributed by atoms with E-state index < -0.39 is 0 Å². The van der Waals surface area contributed by atoms with Crippen molar-refractivity contribution in [2.45, 2.75) is 62.7 Å². The van der Waals surface area contributed by atoms with Gasteiger partial charge in [0.1, 0.15) is 10.5 Å². The third-order valence-corrected chi connectivity index (χ3v) is 6.53. The number of aromatic amines is 1. The lowest BCUT2D eigenvalue weighted by Crippen LogP contribution is -2.49. The molecular formula is C17H22N2S. The van der Waals surface area contributed by atoms with Crippen LogP contribution in [0.15, 0.2) is 6.07 Å². The van der Waals surface area contributed by atoms with E-state index in [4.69, 9.17) is 17.2 Å². The molecule has 5 aliphatic rings. The van der Waals surface area contributed by atoms with Gasteiger partial charge in [-0.2, -0.15) is 0 Å². The summed E-state index contributed by atoms with van der Waals surface area (Å²) in [7, 11) is 0. The van der Waals surface area contributed by atoms with E-state index in [1.54, 1.807) is 0 Å². The van der Waals surface area contributed by atoms with Crippen molar-refractivity contribution in [3.05, 3.63) is 22.2 Å². The number of H-pyrrole nitrogens is 1. The van der Waals surface area contributed by atoms with Crippen LogP contribution >= 0.6 is 12.2 Å². The van der Waals surface area contributed by atoms with Crippen molar-refractivity contribution in [3.8, 4) is 0 Å². The second-order valence-corrected chi connectivity index (χ2v) is 8.41. The number of rotatable bonds is 2. The number of nitrogens with zero attached hydrogens (tertiary/aromatic N) is 1. The summed E-state index contributed by atoms with van der Waals surface area (Å²) in [4.78, 5) is 8.52. The van der Waals surface area contributed by atoms with Crippen LogP contribution in [-0.2, 0) is 5.41 Å². The normalized spacial score (nSPS) is 42.1. The van der Waals surface area contributed by atoms with E-state index >= 15 is 0 Å². The van der Waals surface area contributed by atoms with Crippen molar-refractivity contribution < 1.29 is 0 Å². The Morgan fingerprint density at radius 2 is 1.65 bits per heavy atom. The minimum absolute atomic E-state index is 0.354. The molecule has 2 nitrogen and oxygen atoms in total. The quantitative estimate of drug-likeness (QED) is 0.812. The Morgan fingerprint density at radius 3 is 2.20 bits per heavy atom. The molecule has 0 amide bonds. The second-order valence-electron chi connectivity index (χ2n) is 8.00. The SMILES string of the molecule is S=c1cc(C2CC2)[nH]c(C23CC4CC(CC(C4)C2)C3)n1. The van der Waals surface area contributed by atoms with Crippen LogP contribution < -0.4 is 0 Å². The molecule has 4 bridgehead atoms. The van der Waals surface area contributed by atoms with Gasteiger partial charge < -0.3 is 4.98 Å². The highest BCUT2D eigenvalue weighted by molar-refractivity contribution is 7.71. The van der Waals surface area contributed by atoms with Gasteiger partial charge in [0.25, 0.3) is 0 Å². The number of hydrogen-bond acceptors (Lipinski definition) is 2. The standard InChI is InChI=1S/C17H22N2S/c20-15-6-14(13-1-2-13)18-16(19-15)17-7-10-3-11(8-17)5-12(4-10)9-17/h6,10-13H,1-5,7-9H2,(H,18,19,20). The van der Waals surface area contributed by atoms with Crippen molar-refractivity contribution in [1.29, 1.82) is 0 Å². The molecule has 0 atom stereocenters. The Bertz CT molecular complexity index is 578. The molecule has 0 spiro atoms. The first-order chi connectivity index (χ1) is 9.70. The van der Waals surface area contributed by atoms with Gasteiger partial charge in [-0.15, -0.1) is 0 Å². The summed E-state index contributed by atoms with van der Waals surface area (Å²) in [5.41, 5.74) is 1.73. The highest BCUT2D eigenvalue weighted by atomic mass is 32.1. The Balaban J connectivity index is 1.60. The molecular weight excluding hydrogens is 264 g/mol. The summed E-state index contributed by atoms with van der Waals surface area (Å²) in [6.07, 6.45) is 11.2. The van der Waals surface area contributed by atoms with Gasteiger partial charge in [-0.1, -0.05) is 12.2 Å². The van der Waals surface area contributed by atoms with Gasteiger partial charge in [-0.25, -0.2) is 4.98 Å². The van der Waals surface area contributed by atoms with Gasteiger partial charge in [-0.05, 0) is 81.1 Å². The van der Waals surface area contributed by atoms with Crippen LogP contribution in [0.5, 0.6) is 0 Å². The maximum Gasteiger partial charge on any atom is 0.130 e. The molecule has 5 aliphatic carbocycles. The average molecular weight is 286 g/mol. The molecule has 0 unspecified atom stereocenters. The lowest BCUT2D eigenvalue weighted by molar-refractivity contribution is -0.00954. The van der Waals surface area contributed by atoms with Crippen LogP contribution in [0.2, 0.25) is 0 Å². The van der Waals surface area contributed by atoms with Crippen LogP contribution in [0, 0.1) is 22.4 Å². The van der Waals surface area contributed by atoms with Gasteiger partial charge >= 0.3 is 0 Å². The summed E-state index contributed by atoms with van der Waals surface area (Å²) < 4.78 is 0.816. The van der Waals surface area contributed by atoms with Crippen molar-refractivity contribution in [2.75, 3.05) is 0 Å². The molecule has 106 valence electrons. The van der Waals surface area contributed by atoms with Gasteiger partial charge in [-0.3, -0.25) is 0 Å². The molecule has 6 rings (SSSR count). The topological polar surface area (TPSA) is 28.7 Å². The van der Waals surface area contributed by atoms with Gasteiger partial charge in [0, 0.05) is 11.1 Å². The third kappa shape index (κ3) is 1.75. The molecule has 1 aromatic rings. The van der Waals surface area contributed by atoms with Crippen LogP contribution in [0.4, 0.5) is 0 Å². The van der Waals surface area contributed by atoms with Crippen LogP contribution in [0.3, 0.4) is 0 Å². The predicted molar refractivity (Wildman–Crippen MR) is 81.2 cm³/mol. The third-order valence-electron chi connectivity index (χ3n) is 6.32. The molecule has 1 N–H and O–H groups in total. The van der Waals surface area contributed by atoms with Crippen molar-refractivity contribution in [2.24, 2.45) is 17.8 Å². The highest BCUT2D eigenvalue weighted by Gasteiger charge is 2.53. The lowest BCUT2D eigenvalue weighted by Gasteiger charge is -2.56. The van der Waals surface area contributed by atoms with Gasteiger partial charge in [0.15, 0.2) is 0 Å². The van der Waals surface area contributed by atoms with Gasteiger partial charge in [0.2, 0.25) is 0 Å². The largest absolute Gasteiger partial charge is 0.346 e. The maximum absolute atomic E-state index is 5.46. The van der Waals surface area contributed by atoms with E-state index in [1.807, 2.05) is 0 Å². The summed E-state index contributed by atoms with van der Waals surface area (Å²) in [5, 5.41) is 0. The Labute approximate surface area is 125 Å². The van der Waals surface area contributed by atoms with E-state index in [9.17, 15) is 0 Å². The van der Waals surface area contributed by atoms with Crippen molar-refractivity contribution in [3.63, 3.8) is 0 Å². The average Bonchev–Trinajstić information content (AvgIpc) is 3.20. The first kappa shape index (κ1) is 11.9. The summed E-state index contributed by atoms with van der Waals surface area (Å²) >= 11 is 5.46. The predicted octanol–water partition coefficient (Wildman–Crippen LogP) is 4.48. The maximum atomic E-state index is 5.46. The minimum atomic E-state index is 0.354. The Morgan fingerprint density at radius 1 is 1.05 bits per heavy atom. The van der Waals surface area contributed by atoms with Crippen molar-refractivity contribution in [1.82, 2.24) is 9.97 Å². The zero-order valence-electron chi connectivity index (χ0n) is 11.9. The Hall–Kier alpha value is -0.700. The molecule has 1 aromatic heterocycles. The fourth-order valence-corrected chi connectivity index (χ4v) is 5.96. The zero-order valence-corrected chi connectivity index (χ0v) is 12.7. The molecule has 0 aromatic carbocycles. The van der Waals surface area contributed by atoms with E-state index in [2.05, 4.69) is 11.1 Å². The fraction of sp³-hybridized carbons (Fsp3) is 0.765. The molecule has 0 saturated heterocycles. The first-order valence-corrected chi connectivity index (χ1v) is 8.73. The molecule has 3 heteroatoms. The Kier molecular flexibility index (Phi) is 2.34. The number of hydrogen-bond donors (Lipinski definition) is 1.